The molecule has 1 aliphatic rings. The van der Waals surface area contributed by atoms with Crippen LogP contribution in [0.15, 0.2) is 6.20 Å². The fraction of sp³-hybridized carbons (Fsp3) is 0.786. The highest BCUT2D eigenvalue weighted by molar-refractivity contribution is 7.15. The molecule has 20 heavy (non-hydrogen) atoms. The quantitative estimate of drug-likeness (QED) is 0.863. The Kier molecular flexibility index (Phi) is 5.37. The van der Waals surface area contributed by atoms with Gasteiger partial charge >= 0.3 is 0 Å². The molecule has 0 radical (unpaired) electrons. The Hall–Kier alpha value is -0.690. The van der Waals surface area contributed by atoms with Gasteiger partial charge in [0.05, 0.1) is 13.2 Å². The summed E-state index contributed by atoms with van der Waals surface area (Å²) in [6, 6.07) is 0. The fourth-order valence-electron chi connectivity index (χ4n) is 2.86. The fourth-order valence-corrected chi connectivity index (χ4v) is 3.63. The number of anilines is 1. The SMILES string of the molecule is CN(Cc1cnc(N)s1)CC(C)(C)CN1CCOCC1. The van der Waals surface area contributed by atoms with Crippen LogP contribution in [0.4, 0.5) is 5.13 Å². The Bertz CT molecular complexity index is 415. The van der Waals surface area contributed by atoms with Crippen LogP contribution in [0.1, 0.15) is 18.7 Å². The average molecular weight is 298 g/mol. The van der Waals surface area contributed by atoms with Crippen molar-refractivity contribution in [2.75, 3.05) is 52.2 Å². The van der Waals surface area contributed by atoms with Crippen molar-refractivity contribution in [3.8, 4) is 0 Å². The first kappa shape index (κ1) is 15.7. The van der Waals surface area contributed by atoms with Gasteiger partial charge in [-0.15, -0.1) is 11.3 Å². The Morgan fingerprint density at radius 3 is 2.75 bits per heavy atom. The molecule has 0 amide bonds. The van der Waals surface area contributed by atoms with Gasteiger partial charge in [-0.2, -0.15) is 0 Å². The zero-order valence-electron chi connectivity index (χ0n) is 12.8. The number of hydrogen-bond acceptors (Lipinski definition) is 6. The maximum absolute atomic E-state index is 5.68. The summed E-state index contributed by atoms with van der Waals surface area (Å²) in [4.78, 5) is 10.2. The lowest BCUT2D eigenvalue weighted by molar-refractivity contribution is 0.0161. The van der Waals surface area contributed by atoms with Gasteiger partial charge in [0.25, 0.3) is 0 Å². The molecule has 114 valence electrons. The van der Waals surface area contributed by atoms with Crippen molar-refractivity contribution in [2.24, 2.45) is 5.41 Å². The summed E-state index contributed by atoms with van der Waals surface area (Å²) in [5.41, 5.74) is 5.94. The van der Waals surface area contributed by atoms with Crippen molar-refractivity contribution in [2.45, 2.75) is 20.4 Å². The lowest BCUT2D eigenvalue weighted by atomic mass is 9.92. The normalized spacial score (nSPS) is 17.8. The molecule has 5 nitrogen and oxygen atoms in total. The zero-order valence-corrected chi connectivity index (χ0v) is 13.6. The smallest absolute Gasteiger partial charge is 0.180 e. The Balaban J connectivity index is 1.80. The zero-order chi connectivity index (χ0) is 14.6. The third-order valence-corrected chi connectivity index (χ3v) is 4.26. The predicted octanol–water partition coefficient (Wildman–Crippen LogP) is 1.52. The molecule has 0 aliphatic carbocycles. The second-order valence-electron chi connectivity index (χ2n) is 6.39. The second-order valence-corrected chi connectivity index (χ2v) is 7.54. The number of morpholine rings is 1. The minimum absolute atomic E-state index is 0.266. The summed E-state index contributed by atoms with van der Waals surface area (Å²) in [6.07, 6.45) is 1.88. The van der Waals surface area contributed by atoms with E-state index in [1.165, 1.54) is 4.88 Å². The summed E-state index contributed by atoms with van der Waals surface area (Å²) in [5, 5.41) is 0.654. The second kappa shape index (κ2) is 6.85. The third-order valence-electron chi connectivity index (χ3n) is 3.45. The monoisotopic (exact) mass is 298 g/mol. The highest BCUT2D eigenvalue weighted by Crippen LogP contribution is 2.22. The van der Waals surface area contributed by atoms with Crippen molar-refractivity contribution in [3.63, 3.8) is 0 Å². The van der Waals surface area contributed by atoms with Crippen LogP contribution >= 0.6 is 11.3 Å². The van der Waals surface area contributed by atoms with Gasteiger partial charge in [-0.25, -0.2) is 4.98 Å². The van der Waals surface area contributed by atoms with E-state index in [4.69, 9.17) is 10.5 Å². The van der Waals surface area contributed by atoms with Crippen LogP contribution in [-0.4, -0.2) is 61.2 Å². The van der Waals surface area contributed by atoms with Gasteiger partial charge in [-0.1, -0.05) is 13.8 Å². The Morgan fingerprint density at radius 1 is 1.45 bits per heavy atom. The van der Waals surface area contributed by atoms with Gasteiger partial charge in [0.1, 0.15) is 0 Å². The molecule has 0 aromatic carbocycles. The summed E-state index contributed by atoms with van der Waals surface area (Å²) >= 11 is 1.58. The van der Waals surface area contributed by atoms with E-state index in [1.807, 2.05) is 6.20 Å². The maximum Gasteiger partial charge on any atom is 0.180 e. The molecule has 0 spiro atoms. The van der Waals surface area contributed by atoms with Crippen LogP contribution in [0.25, 0.3) is 0 Å². The van der Waals surface area contributed by atoms with Crippen molar-refractivity contribution in [1.29, 1.82) is 0 Å². The van der Waals surface area contributed by atoms with E-state index in [-0.39, 0.29) is 5.41 Å². The average Bonchev–Trinajstić information content (AvgIpc) is 2.74. The van der Waals surface area contributed by atoms with Crippen LogP contribution in [0.3, 0.4) is 0 Å². The van der Waals surface area contributed by atoms with Gasteiger partial charge in [0.15, 0.2) is 5.13 Å². The molecular formula is C14H26N4OS. The molecule has 0 bridgehead atoms. The first-order chi connectivity index (χ1) is 9.44. The van der Waals surface area contributed by atoms with E-state index >= 15 is 0 Å². The minimum atomic E-state index is 0.266. The number of thiazole rings is 1. The van der Waals surface area contributed by atoms with Crippen LogP contribution in [0.2, 0.25) is 0 Å². The number of aromatic nitrogens is 1. The first-order valence-electron chi connectivity index (χ1n) is 7.13. The summed E-state index contributed by atoms with van der Waals surface area (Å²) in [6.45, 7) is 11.6. The lowest BCUT2D eigenvalue weighted by Crippen LogP contribution is -2.45. The van der Waals surface area contributed by atoms with E-state index in [1.54, 1.807) is 11.3 Å². The van der Waals surface area contributed by atoms with Crippen LogP contribution in [0, 0.1) is 5.41 Å². The van der Waals surface area contributed by atoms with Crippen LogP contribution in [0.5, 0.6) is 0 Å². The molecule has 2 heterocycles. The third kappa shape index (κ3) is 5.01. The lowest BCUT2D eigenvalue weighted by Gasteiger charge is -2.37. The first-order valence-corrected chi connectivity index (χ1v) is 7.95. The van der Waals surface area contributed by atoms with Gasteiger partial charge in [0, 0.05) is 43.8 Å². The molecule has 0 saturated carbocycles. The van der Waals surface area contributed by atoms with Crippen molar-refractivity contribution >= 4 is 16.5 Å². The van der Waals surface area contributed by atoms with Gasteiger partial charge in [0.2, 0.25) is 0 Å². The molecule has 6 heteroatoms. The molecule has 2 rings (SSSR count). The number of rotatable bonds is 6. The molecule has 1 aromatic rings. The number of nitrogens with zero attached hydrogens (tertiary/aromatic N) is 3. The Labute approximate surface area is 125 Å². The molecule has 0 unspecified atom stereocenters. The van der Waals surface area contributed by atoms with Crippen molar-refractivity contribution in [3.05, 3.63) is 11.1 Å². The summed E-state index contributed by atoms with van der Waals surface area (Å²) in [7, 11) is 2.16. The van der Waals surface area contributed by atoms with Crippen LogP contribution in [-0.2, 0) is 11.3 Å². The van der Waals surface area contributed by atoms with Gasteiger partial charge in [-0.3, -0.25) is 4.90 Å². The topological polar surface area (TPSA) is 54.6 Å². The Morgan fingerprint density at radius 2 is 2.15 bits per heavy atom. The summed E-state index contributed by atoms with van der Waals surface area (Å²) in [5.74, 6) is 0. The van der Waals surface area contributed by atoms with E-state index in [9.17, 15) is 0 Å². The van der Waals surface area contributed by atoms with Gasteiger partial charge < -0.3 is 15.4 Å². The van der Waals surface area contributed by atoms with E-state index in [2.05, 4.69) is 35.7 Å². The summed E-state index contributed by atoms with van der Waals surface area (Å²) < 4.78 is 5.41. The standard InChI is InChI=1S/C14H26N4OS/c1-14(2,11-18-4-6-19-7-5-18)10-17(3)9-12-8-16-13(15)20-12/h8H,4-7,9-11H2,1-3H3,(H2,15,16). The van der Waals surface area contributed by atoms with Crippen molar-refractivity contribution in [1.82, 2.24) is 14.8 Å². The van der Waals surface area contributed by atoms with E-state index in [0.717, 1.165) is 45.9 Å². The number of hydrogen-bond donors (Lipinski definition) is 1. The number of nitrogens with two attached hydrogens (primary N) is 1. The van der Waals surface area contributed by atoms with E-state index in [0.29, 0.717) is 5.13 Å². The molecule has 2 N–H and O–H groups in total. The highest BCUT2D eigenvalue weighted by atomic mass is 32.1. The van der Waals surface area contributed by atoms with Crippen molar-refractivity contribution < 1.29 is 4.74 Å². The molecule has 1 aromatic heterocycles. The molecule has 1 fully saturated rings. The van der Waals surface area contributed by atoms with Gasteiger partial charge in [-0.05, 0) is 12.5 Å². The largest absolute Gasteiger partial charge is 0.379 e. The molecule has 0 atom stereocenters. The number of ether oxygens (including phenoxy) is 1. The molecule has 1 aliphatic heterocycles. The van der Waals surface area contributed by atoms with E-state index < -0.39 is 0 Å². The molecule has 1 saturated heterocycles. The highest BCUT2D eigenvalue weighted by Gasteiger charge is 2.24. The maximum atomic E-state index is 5.68. The predicted molar refractivity (Wildman–Crippen MR) is 83.9 cm³/mol. The number of nitrogen functional groups attached to an aromatic ring is 1. The molecular weight excluding hydrogens is 272 g/mol. The van der Waals surface area contributed by atoms with Crippen LogP contribution < -0.4 is 5.73 Å². The minimum Gasteiger partial charge on any atom is -0.379 e.